The summed E-state index contributed by atoms with van der Waals surface area (Å²) in [4.78, 5) is 28.9. The van der Waals surface area contributed by atoms with E-state index in [9.17, 15) is 14.9 Å². The molecule has 1 atom stereocenters. The third-order valence-corrected chi connectivity index (χ3v) is 4.14. The average Bonchev–Trinajstić information content (AvgIpc) is 3.15. The van der Waals surface area contributed by atoms with Gasteiger partial charge in [0.15, 0.2) is 0 Å². The van der Waals surface area contributed by atoms with Crippen LogP contribution in [0.3, 0.4) is 0 Å². The summed E-state index contributed by atoms with van der Waals surface area (Å²) in [6.45, 7) is 1.54. The van der Waals surface area contributed by atoms with Crippen molar-refractivity contribution < 1.29 is 14.5 Å². The van der Waals surface area contributed by atoms with Gasteiger partial charge in [-0.15, -0.1) is 0 Å². The van der Waals surface area contributed by atoms with Gasteiger partial charge < -0.3 is 15.0 Å². The Bertz CT molecular complexity index is 763. The van der Waals surface area contributed by atoms with E-state index in [0.717, 1.165) is 18.4 Å². The fraction of sp³-hybridized carbons (Fsp3) is 0.333. The van der Waals surface area contributed by atoms with E-state index in [1.165, 1.54) is 12.1 Å². The normalized spacial score (nSPS) is 16.2. The van der Waals surface area contributed by atoms with E-state index in [1.807, 2.05) is 12.1 Å². The van der Waals surface area contributed by atoms with Crippen LogP contribution in [0.4, 0.5) is 16.2 Å². The number of urea groups is 1. The summed E-state index contributed by atoms with van der Waals surface area (Å²) in [5.41, 5.74) is 1.22. The van der Waals surface area contributed by atoms with Gasteiger partial charge >= 0.3 is 6.03 Å². The molecule has 1 aliphatic heterocycles. The SMILES string of the molecule is O=C(Nc1cccc([N+](=O)[O-])c1)N(Cc1cccnc1)C[C@@H]1CCCO1. The summed E-state index contributed by atoms with van der Waals surface area (Å²) in [7, 11) is 0. The minimum atomic E-state index is -0.491. The Labute approximate surface area is 150 Å². The molecule has 0 spiro atoms. The predicted molar refractivity (Wildman–Crippen MR) is 95.7 cm³/mol. The van der Waals surface area contributed by atoms with E-state index in [-0.39, 0.29) is 17.8 Å². The number of non-ortho nitro benzene ring substituents is 1. The van der Waals surface area contributed by atoms with Crippen molar-refractivity contribution in [3.8, 4) is 0 Å². The minimum absolute atomic E-state index is 0.00234. The number of aromatic nitrogens is 1. The number of nitrogens with zero attached hydrogens (tertiary/aromatic N) is 3. The van der Waals surface area contributed by atoms with Gasteiger partial charge in [0.1, 0.15) is 0 Å². The molecule has 1 N–H and O–H groups in total. The molecule has 1 aromatic carbocycles. The molecule has 0 unspecified atom stereocenters. The molecule has 1 aliphatic rings. The Morgan fingerprint density at radius 3 is 2.96 bits per heavy atom. The summed E-state index contributed by atoms with van der Waals surface area (Å²) < 4.78 is 5.65. The molecule has 0 saturated carbocycles. The molecule has 8 nitrogen and oxygen atoms in total. The highest BCUT2D eigenvalue weighted by Gasteiger charge is 2.23. The van der Waals surface area contributed by atoms with Gasteiger partial charge in [-0.25, -0.2) is 4.79 Å². The van der Waals surface area contributed by atoms with Gasteiger partial charge in [0.2, 0.25) is 0 Å². The van der Waals surface area contributed by atoms with Crippen LogP contribution < -0.4 is 5.32 Å². The molecule has 136 valence electrons. The number of anilines is 1. The molecule has 2 heterocycles. The zero-order chi connectivity index (χ0) is 18.4. The summed E-state index contributed by atoms with van der Waals surface area (Å²) in [5.74, 6) is 0. The Balaban J connectivity index is 1.72. The first-order valence-electron chi connectivity index (χ1n) is 8.43. The monoisotopic (exact) mass is 356 g/mol. The number of rotatable bonds is 6. The number of nitro benzene ring substituents is 1. The van der Waals surface area contributed by atoms with Crippen LogP contribution in [0, 0.1) is 10.1 Å². The van der Waals surface area contributed by atoms with E-state index >= 15 is 0 Å². The van der Waals surface area contributed by atoms with Gasteiger partial charge in [-0.2, -0.15) is 0 Å². The summed E-state index contributed by atoms with van der Waals surface area (Å²) in [6, 6.07) is 9.28. The third kappa shape index (κ3) is 4.76. The number of amides is 2. The number of carbonyl (C=O) groups excluding carboxylic acids is 1. The zero-order valence-corrected chi connectivity index (χ0v) is 14.2. The second-order valence-electron chi connectivity index (χ2n) is 6.11. The lowest BCUT2D eigenvalue weighted by Gasteiger charge is -2.25. The maximum absolute atomic E-state index is 12.8. The molecule has 8 heteroatoms. The second-order valence-corrected chi connectivity index (χ2v) is 6.11. The van der Waals surface area contributed by atoms with E-state index in [0.29, 0.717) is 25.4 Å². The highest BCUT2D eigenvalue weighted by Crippen LogP contribution is 2.19. The standard InChI is InChI=1S/C18H20N4O4/c23-18(20-15-5-1-6-16(10-15)22(24)25)21(13-17-7-3-9-26-17)12-14-4-2-8-19-11-14/h1-2,4-6,8,10-11,17H,3,7,9,12-13H2,(H,20,23)/t17-/m0/s1. The number of nitrogens with one attached hydrogen (secondary N) is 1. The van der Waals surface area contributed by atoms with Gasteiger partial charge in [-0.3, -0.25) is 15.1 Å². The van der Waals surface area contributed by atoms with Crippen LogP contribution >= 0.6 is 0 Å². The van der Waals surface area contributed by atoms with Crippen molar-refractivity contribution in [2.24, 2.45) is 0 Å². The smallest absolute Gasteiger partial charge is 0.322 e. The first-order chi connectivity index (χ1) is 12.6. The molecule has 26 heavy (non-hydrogen) atoms. The zero-order valence-electron chi connectivity index (χ0n) is 14.2. The van der Waals surface area contributed by atoms with Crippen LogP contribution in [-0.4, -0.2) is 40.1 Å². The van der Waals surface area contributed by atoms with Crippen molar-refractivity contribution in [2.75, 3.05) is 18.5 Å². The average molecular weight is 356 g/mol. The number of hydrogen-bond donors (Lipinski definition) is 1. The van der Waals surface area contributed by atoms with E-state index in [1.54, 1.807) is 29.4 Å². The Morgan fingerprint density at radius 1 is 1.38 bits per heavy atom. The van der Waals surface area contributed by atoms with Gasteiger partial charge in [0.05, 0.1) is 11.0 Å². The van der Waals surface area contributed by atoms with Gasteiger partial charge in [-0.05, 0) is 30.5 Å². The van der Waals surface area contributed by atoms with Crippen LogP contribution in [-0.2, 0) is 11.3 Å². The largest absolute Gasteiger partial charge is 0.376 e. The first-order valence-corrected chi connectivity index (χ1v) is 8.43. The van der Waals surface area contributed by atoms with Crippen LogP contribution in [0.2, 0.25) is 0 Å². The van der Waals surface area contributed by atoms with Crippen LogP contribution in [0.1, 0.15) is 18.4 Å². The van der Waals surface area contributed by atoms with E-state index in [4.69, 9.17) is 4.74 Å². The molecule has 0 radical (unpaired) electrons. The Hall–Kier alpha value is -3.00. The molecule has 1 fully saturated rings. The molecule has 1 saturated heterocycles. The fourth-order valence-electron chi connectivity index (χ4n) is 2.87. The van der Waals surface area contributed by atoms with Crippen molar-refractivity contribution >= 4 is 17.4 Å². The highest BCUT2D eigenvalue weighted by molar-refractivity contribution is 5.89. The number of ether oxygens (including phenoxy) is 1. The Morgan fingerprint density at radius 2 is 2.27 bits per heavy atom. The van der Waals surface area contributed by atoms with Gasteiger partial charge in [-0.1, -0.05) is 12.1 Å². The van der Waals surface area contributed by atoms with Crippen molar-refractivity contribution in [3.63, 3.8) is 0 Å². The van der Waals surface area contributed by atoms with Crippen LogP contribution in [0.5, 0.6) is 0 Å². The Kier molecular flexibility index (Phi) is 5.75. The van der Waals surface area contributed by atoms with Crippen LogP contribution in [0.15, 0.2) is 48.8 Å². The van der Waals surface area contributed by atoms with E-state index in [2.05, 4.69) is 10.3 Å². The maximum Gasteiger partial charge on any atom is 0.322 e. The second kappa shape index (κ2) is 8.39. The molecule has 0 aliphatic carbocycles. The number of carbonyl (C=O) groups is 1. The quantitative estimate of drug-likeness (QED) is 0.633. The molecular formula is C18H20N4O4. The van der Waals surface area contributed by atoms with Crippen molar-refractivity contribution in [3.05, 3.63) is 64.5 Å². The number of pyridine rings is 1. The topological polar surface area (TPSA) is 97.6 Å². The lowest BCUT2D eigenvalue weighted by atomic mass is 10.2. The number of hydrogen-bond acceptors (Lipinski definition) is 5. The molecule has 2 aromatic rings. The predicted octanol–water partition coefficient (Wildman–Crippen LogP) is 3.20. The van der Waals surface area contributed by atoms with Crippen molar-refractivity contribution in [1.82, 2.24) is 9.88 Å². The first kappa shape index (κ1) is 17.8. The summed E-state index contributed by atoms with van der Waals surface area (Å²) in [5, 5.41) is 13.6. The third-order valence-electron chi connectivity index (χ3n) is 4.14. The summed E-state index contributed by atoms with van der Waals surface area (Å²) >= 11 is 0. The molecule has 1 aromatic heterocycles. The maximum atomic E-state index is 12.8. The van der Waals surface area contributed by atoms with Gasteiger partial charge in [0, 0.05) is 49.9 Å². The molecular weight excluding hydrogens is 336 g/mol. The van der Waals surface area contributed by atoms with Gasteiger partial charge in [0.25, 0.3) is 5.69 Å². The lowest BCUT2D eigenvalue weighted by Crippen LogP contribution is -2.39. The summed E-state index contributed by atoms with van der Waals surface area (Å²) in [6.07, 6.45) is 5.29. The lowest BCUT2D eigenvalue weighted by molar-refractivity contribution is -0.384. The fourth-order valence-corrected chi connectivity index (χ4v) is 2.87. The molecule has 0 bridgehead atoms. The van der Waals surface area contributed by atoms with Crippen LogP contribution in [0.25, 0.3) is 0 Å². The van der Waals surface area contributed by atoms with E-state index < -0.39 is 4.92 Å². The van der Waals surface area contributed by atoms with Crippen molar-refractivity contribution in [1.29, 1.82) is 0 Å². The highest BCUT2D eigenvalue weighted by atomic mass is 16.6. The molecule has 3 rings (SSSR count). The molecule has 2 amide bonds. The number of nitro groups is 1. The minimum Gasteiger partial charge on any atom is -0.376 e. The number of benzene rings is 1. The van der Waals surface area contributed by atoms with Crippen molar-refractivity contribution in [2.45, 2.75) is 25.5 Å².